The summed E-state index contributed by atoms with van der Waals surface area (Å²) >= 11 is 0. The SMILES string of the molecule is CCCN(OCc1ccc(N)cc1)C(=O)C1=Cc2ccc(C(=O)NCC3CCNCC3)cc2N=C(N)C1. The van der Waals surface area contributed by atoms with Crippen LogP contribution in [0.25, 0.3) is 6.08 Å². The van der Waals surface area contributed by atoms with Crippen LogP contribution in [0, 0.1) is 5.92 Å². The van der Waals surface area contributed by atoms with Gasteiger partial charge >= 0.3 is 0 Å². The van der Waals surface area contributed by atoms with Crippen molar-refractivity contribution in [1.29, 1.82) is 0 Å². The van der Waals surface area contributed by atoms with E-state index in [-0.39, 0.29) is 24.8 Å². The summed E-state index contributed by atoms with van der Waals surface area (Å²) in [6.45, 7) is 5.30. The molecule has 0 radical (unpaired) electrons. The molecule has 1 saturated heterocycles. The lowest BCUT2D eigenvalue weighted by Crippen LogP contribution is -2.35. The van der Waals surface area contributed by atoms with Gasteiger partial charge in [-0.15, -0.1) is 0 Å². The fraction of sp³-hybridized carbons (Fsp3) is 0.393. The predicted molar refractivity (Wildman–Crippen MR) is 146 cm³/mol. The van der Waals surface area contributed by atoms with Crippen molar-refractivity contribution >= 4 is 35.1 Å². The number of nitrogen functional groups attached to an aromatic ring is 1. The number of piperidine rings is 1. The first-order chi connectivity index (χ1) is 17.9. The van der Waals surface area contributed by atoms with Crippen LogP contribution < -0.4 is 22.1 Å². The molecule has 0 atom stereocenters. The smallest absolute Gasteiger partial charge is 0.273 e. The quantitative estimate of drug-likeness (QED) is 0.306. The van der Waals surface area contributed by atoms with Gasteiger partial charge in [0.2, 0.25) is 0 Å². The van der Waals surface area contributed by atoms with E-state index in [1.807, 2.05) is 25.1 Å². The number of hydroxylamine groups is 2. The van der Waals surface area contributed by atoms with Gasteiger partial charge in [-0.25, -0.2) is 10.1 Å². The summed E-state index contributed by atoms with van der Waals surface area (Å²) in [6, 6.07) is 12.6. The van der Waals surface area contributed by atoms with Crippen molar-refractivity contribution in [2.45, 2.75) is 39.2 Å². The second-order valence-electron chi connectivity index (χ2n) is 9.55. The van der Waals surface area contributed by atoms with Crippen molar-refractivity contribution in [3.8, 4) is 0 Å². The molecule has 2 heterocycles. The number of carbonyl (C=O) groups is 2. The van der Waals surface area contributed by atoms with E-state index >= 15 is 0 Å². The highest BCUT2D eigenvalue weighted by Crippen LogP contribution is 2.28. The number of nitrogens with two attached hydrogens (primary N) is 2. The van der Waals surface area contributed by atoms with Crippen LogP contribution in [-0.4, -0.2) is 48.9 Å². The maximum absolute atomic E-state index is 13.4. The van der Waals surface area contributed by atoms with Gasteiger partial charge in [-0.3, -0.25) is 14.4 Å². The first-order valence-electron chi connectivity index (χ1n) is 12.9. The molecule has 4 rings (SSSR count). The summed E-state index contributed by atoms with van der Waals surface area (Å²) in [6.07, 6.45) is 4.83. The molecule has 2 amide bonds. The Labute approximate surface area is 217 Å². The van der Waals surface area contributed by atoms with E-state index < -0.39 is 0 Å². The van der Waals surface area contributed by atoms with Crippen LogP contribution in [-0.2, 0) is 16.2 Å². The van der Waals surface area contributed by atoms with Crippen molar-refractivity contribution < 1.29 is 14.4 Å². The molecule has 0 saturated carbocycles. The summed E-state index contributed by atoms with van der Waals surface area (Å²) in [5.74, 6) is 0.405. The molecule has 0 aliphatic carbocycles. The molecule has 9 heteroatoms. The summed E-state index contributed by atoms with van der Waals surface area (Å²) in [5.41, 5.74) is 15.8. The lowest BCUT2D eigenvalue weighted by Gasteiger charge is -2.23. The molecule has 9 nitrogen and oxygen atoms in total. The number of hydrogen-bond donors (Lipinski definition) is 4. The average Bonchev–Trinajstić information content (AvgIpc) is 3.08. The molecule has 37 heavy (non-hydrogen) atoms. The van der Waals surface area contributed by atoms with Gasteiger partial charge in [0.15, 0.2) is 0 Å². The van der Waals surface area contributed by atoms with Crippen LogP contribution in [0.2, 0.25) is 0 Å². The third-order valence-electron chi connectivity index (χ3n) is 6.56. The zero-order valence-electron chi connectivity index (χ0n) is 21.3. The lowest BCUT2D eigenvalue weighted by molar-refractivity contribution is -0.187. The average molecular weight is 505 g/mol. The second kappa shape index (κ2) is 12.5. The maximum atomic E-state index is 13.4. The van der Waals surface area contributed by atoms with E-state index in [2.05, 4.69) is 15.6 Å². The van der Waals surface area contributed by atoms with Crippen LogP contribution in [0.15, 0.2) is 53.0 Å². The van der Waals surface area contributed by atoms with Gasteiger partial charge in [0.25, 0.3) is 11.8 Å². The summed E-state index contributed by atoms with van der Waals surface area (Å²) < 4.78 is 0. The van der Waals surface area contributed by atoms with Crippen molar-refractivity contribution in [1.82, 2.24) is 15.7 Å². The Bertz CT molecular complexity index is 1170. The number of aliphatic imine (C=N–C) groups is 1. The van der Waals surface area contributed by atoms with Gasteiger partial charge in [-0.1, -0.05) is 25.1 Å². The number of anilines is 1. The molecule has 0 spiro atoms. The number of amidine groups is 1. The highest BCUT2D eigenvalue weighted by atomic mass is 16.7. The molecule has 196 valence electrons. The molecule has 2 aliphatic rings. The van der Waals surface area contributed by atoms with Crippen molar-refractivity contribution in [2.75, 3.05) is 31.9 Å². The standard InChI is InChI=1S/C28H36N6O3/c1-2-13-34(37-18-20-3-7-24(29)8-4-20)28(36)23-14-21-5-6-22(15-25(21)33-26(30)16-23)27(35)32-17-19-9-11-31-12-10-19/h3-8,14-15,19,31H,2,9-13,16-18,29H2,1H3,(H2,30,33)(H,32,35). The highest BCUT2D eigenvalue weighted by molar-refractivity contribution is 6.05. The predicted octanol–water partition coefficient (Wildman–Crippen LogP) is 3.14. The zero-order valence-corrected chi connectivity index (χ0v) is 21.3. The Balaban J connectivity index is 1.46. The molecule has 0 aromatic heterocycles. The second-order valence-corrected chi connectivity index (χ2v) is 9.55. The minimum absolute atomic E-state index is 0.134. The molecule has 1 fully saturated rings. The van der Waals surface area contributed by atoms with Crippen LogP contribution in [0.5, 0.6) is 0 Å². The van der Waals surface area contributed by atoms with Crippen LogP contribution in [0.1, 0.15) is 54.1 Å². The van der Waals surface area contributed by atoms with Gasteiger partial charge < -0.3 is 22.1 Å². The highest BCUT2D eigenvalue weighted by Gasteiger charge is 2.23. The fourth-order valence-corrected chi connectivity index (χ4v) is 4.45. The Hall–Kier alpha value is -3.69. The molecule has 2 aromatic carbocycles. The van der Waals surface area contributed by atoms with E-state index in [1.165, 1.54) is 5.06 Å². The van der Waals surface area contributed by atoms with Gasteiger partial charge in [0.1, 0.15) is 12.4 Å². The monoisotopic (exact) mass is 504 g/mol. The van der Waals surface area contributed by atoms with Crippen molar-refractivity contribution in [3.63, 3.8) is 0 Å². The number of rotatable bonds is 9. The van der Waals surface area contributed by atoms with Crippen LogP contribution >= 0.6 is 0 Å². The first-order valence-corrected chi connectivity index (χ1v) is 12.9. The topological polar surface area (TPSA) is 135 Å². The van der Waals surface area contributed by atoms with Crippen LogP contribution in [0.3, 0.4) is 0 Å². The molecule has 0 unspecified atom stereocenters. The molecule has 0 bridgehead atoms. The summed E-state index contributed by atoms with van der Waals surface area (Å²) in [5, 5.41) is 7.76. The van der Waals surface area contributed by atoms with Gasteiger partial charge in [0, 0.05) is 41.9 Å². The molecular formula is C28H36N6O3. The number of nitrogens with one attached hydrogen (secondary N) is 2. The number of amides is 2. The first kappa shape index (κ1) is 26.4. The normalized spacial score (nSPS) is 15.7. The third kappa shape index (κ3) is 7.18. The number of nitrogens with zero attached hydrogens (tertiary/aromatic N) is 2. The molecule has 2 aliphatic heterocycles. The number of carbonyl (C=O) groups excluding carboxylic acids is 2. The fourth-order valence-electron chi connectivity index (χ4n) is 4.45. The molecule has 2 aromatic rings. The van der Waals surface area contributed by atoms with E-state index in [0.717, 1.165) is 43.5 Å². The van der Waals surface area contributed by atoms with E-state index in [0.29, 0.717) is 47.4 Å². The Kier molecular flexibility index (Phi) is 8.92. The molecule has 6 N–H and O–H groups in total. The van der Waals surface area contributed by atoms with Gasteiger partial charge in [-0.05, 0) is 74.2 Å². The number of fused-ring (bicyclic) bond motifs is 1. The maximum Gasteiger partial charge on any atom is 0.273 e. The largest absolute Gasteiger partial charge is 0.399 e. The third-order valence-corrected chi connectivity index (χ3v) is 6.56. The number of benzene rings is 2. The zero-order chi connectivity index (χ0) is 26.2. The Morgan fingerprint density at radius 1 is 1.14 bits per heavy atom. The minimum atomic E-state index is -0.257. The molecular weight excluding hydrogens is 468 g/mol. The lowest BCUT2D eigenvalue weighted by atomic mass is 9.98. The van der Waals surface area contributed by atoms with Gasteiger partial charge in [0.05, 0.1) is 5.69 Å². The Morgan fingerprint density at radius 3 is 2.62 bits per heavy atom. The van der Waals surface area contributed by atoms with Crippen molar-refractivity contribution in [3.05, 3.63) is 64.7 Å². The number of hydrogen-bond acceptors (Lipinski definition) is 7. The van der Waals surface area contributed by atoms with Crippen molar-refractivity contribution in [2.24, 2.45) is 16.6 Å². The Morgan fingerprint density at radius 2 is 1.89 bits per heavy atom. The van der Waals surface area contributed by atoms with E-state index in [4.69, 9.17) is 16.3 Å². The summed E-state index contributed by atoms with van der Waals surface area (Å²) in [4.78, 5) is 36.6. The van der Waals surface area contributed by atoms with Crippen LogP contribution in [0.4, 0.5) is 11.4 Å². The van der Waals surface area contributed by atoms with E-state index in [9.17, 15) is 9.59 Å². The van der Waals surface area contributed by atoms with E-state index in [1.54, 1.807) is 30.3 Å². The summed E-state index contributed by atoms with van der Waals surface area (Å²) in [7, 11) is 0. The minimum Gasteiger partial charge on any atom is -0.399 e. The van der Waals surface area contributed by atoms with Gasteiger partial charge in [-0.2, -0.15) is 0 Å².